The van der Waals surface area contributed by atoms with Crippen molar-refractivity contribution >= 4 is 17.5 Å². The molecule has 1 aliphatic carbocycles. The molecule has 0 aliphatic heterocycles. The molecule has 0 aromatic heterocycles. The summed E-state index contributed by atoms with van der Waals surface area (Å²) in [7, 11) is 0. The number of amides is 2. The van der Waals surface area contributed by atoms with Crippen molar-refractivity contribution in [1.29, 1.82) is 0 Å². The molecular weight excluding hydrogens is 302 g/mol. The van der Waals surface area contributed by atoms with Gasteiger partial charge in [-0.25, -0.2) is 8.78 Å². The summed E-state index contributed by atoms with van der Waals surface area (Å²) < 4.78 is 27.2. The van der Waals surface area contributed by atoms with E-state index in [9.17, 15) is 18.4 Å². The molecule has 23 heavy (non-hydrogen) atoms. The third kappa shape index (κ3) is 4.06. The normalized spacial score (nSPS) is 16.0. The first kappa shape index (κ1) is 17.4. The molecular formula is C17H22F2N2O2. The molecule has 2 amide bonds. The van der Waals surface area contributed by atoms with Gasteiger partial charge in [-0.3, -0.25) is 9.59 Å². The summed E-state index contributed by atoms with van der Waals surface area (Å²) in [5, 5.41) is 5.05. The number of hydrogen-bond donors (Lipinski definition) is 2. The summed E-state index contributed by atoms with van der Waals surface area (Å²) in [5.74, 6) is -2.92. The van der Waals surface area contributed by atoms with Crippen molar-refractivity contribution in [2.75, 3.05) is 5.32 Å². The van der Waals surface area contributed by atoms with Crippen LogP contribution in [0.25, 0.3) is 0 Å². The monoisotopic (exact) mass is 324 g/mol. The van der Waals surface area contributed by atoms with E-state index < -0.39 is 34.6 Å². The van der Waals surface area contributed by atoms with Crippen molar-refractivity contribution in [1.82, 2.24) is 5.32 Å². The highest BCUT2D eigenvalue weighted by Crippen LogP contribution is 2.24. The number of benzene rings is 1. The van der Waals surface area contributed by atoms with Crippen molar-refractivity contribution < 1.29 is 18.4 Å². The Morgan fingerprint density at radius 3 is 2.17 bits per heavy atom. The summed E-state index contributed by atoms with van der Waals surface area (Å²) >= 11 is 0. The second kappa shape index (κ2) is 7.06. The zero-order chi connectivity index (χ0) is 17.0. The van der Waals surface area contributed by atoms with E-state index in [1.54, 1.807) is 0 Å². The SMILES string of the molecule is CC(C)(C(=O)Nc1c(F)cccc1F)C(=O)NC1CCCCC1. The van der Waals surface area contributed by atoms with Gasteiger partial charge in [0.05, 0.1) is 0 Å². The van der Waals surface area contributed by atoms with Crippen LogP contribution >= 0.6 is 0 Å². The van der Waals surface area contributed by atoms with Crippen molar-refractivity contribution in [3.8, 4) is 0 Å². The fourth-order valence-corrected chi connectivity index (χ4v) is 2.60. The Morgan fingerprint density at radius 1 is 1.04 bits per heavy atom. The highest BCUT2D eigenvalue weighted by Gasteiger charge is 2.37. The average molecular weight is 324 g/mol. The van der Waals surface area contributed by atoms with Crippen LogP contribution in [0.1, 0.15) is 46.0 Å². The molecule has 4 nitrogen and oxygen atoms in total. The smallest absolute Gasteiger partial charge is 0.239 e. The number of hydrogen-bond acceptors (Lipinski definition) is 2. The van der Waals surface area contributed by atoms with Gasteiger partial charge >= 0.3 is 0 Å². The van der Waals surface area contributed by atoms with Gasteiger partial charge in [-0.2, -0.15) is 0 Å². The third-order valence-corrected chi connectivity index (χ3v) is 4.28. The van der Waals surface area contributed by atoms with Crippen LogP contribution in [0, 0.1) is 17.0 Å². The van der Waals surface area contributed by atoms with E-state index in [1.807, 2.05) is 0 Å². The van der Waals surface area contributed by atoms with Crippen LogP contribution in [0.3, 0.4) is 0 Å². The minimum atomic E-state index is -1.42. The van der Waals surface area contributed by atoms with Crippen LogP contribution in [-0.2, 0) is 9.59 Å². The maximum atomic E-state index is 13.6. The number of para-hydroxylation sites is 1. The number of carbonyl (C=O) groups is 2. The Hall–Kier alpha value is -1.98. The molecule has 1 saturated carbocycles. The Balaban J connectivity index is 2.05. The maximum absolute atomic E-state index is 13.6. The zero-order valence-corrected chi connectivity index (χ0v) is 13.4. The lowest BCUT2D eigenvalue weighted by Crippen LogP contribution is -2.49. The highest BCUT2D eigenvalue weighted by atomic mass is 19.1. The molecule has 1 aliphatic rings. The molecule has 0 bridgehead atoms. The minimum absolute atomic E-state index is 0.0634. The molecule has 2 N–H and O–H groups in total. The first-order valence-electron chi connectivity index (χ1n) is 7.89. The summed E-state index contributed by atoms with van der Waals surface area (Å²) in [6.07, 6.45) is 5.05. The lowest BCUT2D eigenvalue weighted by molar-refractivity contribution is -0.139. The van der Waals surface area contributed by atoms with E-state index in [0.29, 0.717) is 0 Å². The van der Waals surface area contributed by atoms with Gasteiger partial charge in [0, 0.05) is 6.04 Å². The van der Waals surface area contributed by atoms with E-state index in [4.69, 9.17) is 0 Å². The molecule has 0 atom stereocenters. The lowest BCUT2D eigenvalue weighted by Gasteiger charge is -2.28. The first-order valence-corrected chi connectivity index (χ1v) is 7.89. The molecule has 0 unspecified atom stereocenters. The van der Waals surface area contributed by atoms with Gasteiger partial charge < -0.3 is 10.6 Å². The van der Waals surface area contributed by atoms with Gasteiger partial charge in [-0.15, -0.1) is 0 Å². The molecule has 1 fully saturated rings. The Kier molecular flexibility index (Phi) is 5.34. The Labute approximate surface area is 134 Å². The van der Waals surface area contributed by atoms with Gasteiger partial charge in [-0.1, -0.05) is 25.3 Å². The first-order chi connectivity index (χ1) is 10.8. The van der Waals surface area contributed by atoms with E-state index in [2.05, 4.69) is 10.6 Å². The largest absolute Gasteiger partial charge is 0.352 e. The van der Waals surface area contributed by atoms with E-state index in [-0.39, 0.29) is 6.04 Å². The fourth-order valence-electron chi connectivity index (χ4n) is 2.60. The highest BCUT2D eigenvalue weighted by molar-refractivity contribution is 6.10. The summed E-state index contributed by atoms with van der Waals surface area (Å²) in [6, 6.07) is 3.37. The third-order valence-electron chi connectivity index (χ3n) is 4.28. The molecule has 2 rings (SSSR count). The van der Waals surface area contributed by atoms with Crippen LogP contribution in [0.15, 0.2) is 18.2 Å². The summed E-state index contributed by atoms with van der Waals surface area (Å²) in [5.41, 5.74) is -1.96. The van der Waals surface area contributed by atoms with E-state index >= 15 is 0 Å². The number of carbonyl (C=O) groups excluding carboxylic acids is 2. The van der Waals surface area contributed by atoms with Gasteiger partial charge in [0.25, 0.3) is 0 Å². The quantitative estimate of drug-likeness (QED) is 0.834. The molecule has 1 aromatic rings. The van der Waals surface area contributed by atoms with Crippen LogP contribution in [-0.4, -0.2) is 17.9 Å². The minimum Gasteiger partial charge on any atom is -0.352 e. The lowest BCUT2D eigenvalue weighted by atomic mass is 9.88. The zero-order valence-electron chi connectivity index (χ0n) is 13.4. The second-order valence-corrected chi connectivity index (χ2v) is 6.48. The van der Waals surface area contributed by atoms with Crippen LogP contribution in [0.2, 0.25) is 0 Å². The van der Waals surface area contributed by atoms with Crippen LogP contribution in [0.5, 0.6) is 0 Å². The maximum Gasteiger partial charge on any atom is 0.239 e. The fraction of sp³-hybridized carbons (Fsp3) is 0.529. The van der Waals surface area contributed by atoms with Crippen LogP contribution < -0.4 is 10.6 Å². The topological polar surface area (TPSA) is 58.2 Å². The molecule has 0 saturated heterocycles. The number of rotatable bonds is 4. The summed E-state index contributed by atoms with van der Waals surface area (Å²) in [6.45, 7) is 2.89. The predicted octanol–water partition coefficient (Wildman–Crippen LogP) is 3.38. The average Bonchev–Trinajstić information content (AvgIpc) is 2.51. The van der Waals surface area contributed by atoms with Gasteiger partial charge in [0.15, 0.2) is 0 Å². The van der Waals surface area contributed by atoms with Gasteiger partial charge in [-0.05, 0) is 38.8 Å². The number of nitrogens with one attached hydrogen (secondary N) is 2. The van der Waals surface area contributed by atoms with Crippen molar-refractivity contribution in [3.63, 3.8) is 0 Å². The van der Waals surface area contributed by atoms with Crippen molar-refractivity contribution in [3.05, 3.63) is 29.8 Å². The van der Waals surface area contributed by atoms with E-state index in [0.717, 1.165) is 44.2 Å². The van der Waals surface area contributed by atoms with E-state index in [1.165, 1.54) is 19.9 Å². The Morgan fingerprint density at radius 2 is 1.61 bits per heavy atom. The van der Waals surface area contributed by atoms with Crippen molar-refractivity contribution in [2.24, 2.45) is 5.41 Å². The molecule has 0 heterocycles. The second-order valence-electron chi connectivity index (χ2n) is 6.48. The summed E-state index contributed by atoms with van der Waals surface area (Å²) in [4.78, 5) is 24.7. The van der Waals surface area contributed by atoms with Gasteiger partial charge in [0.2, 0.25) is 11.8 Å². The predicted molar refractivity (Wildman–Crippen MR) is 83.8 cm³/mol. The van der Waals surface area contributed by atoms with Crippen molar-refractivity contribution in [2.45, 2.75) is 52.0 Å². The molecule has 1 aromatic carbocycles. The molecule has 0 radical (unpaired) electrons. The Bertz CT molecular complexity index is 576. The number of halogens is 2. The molecule has 6 heteroatoms. The molecule has 126 valence electrons. The standard InChI is InChI=1S/C17H22F2N2O2/c1-17(2,15(22)20-11-7-4-3-5-8-11)16(23)21-14-12(18)9-6-10-13(14)19/h6,9-11H,3-5,7-8H2,1-2H3,(H,20,22)(H,21,23). The number of anilines is 1. The molecule has 0 spiro atoms. The van der Waals surface area contributed by atoms with Gasteiger partial charge in [0.1, 0.15) is 22.7 Å². The van der Waals surface area contributed by atoms with Crippen LogP contribution in [0.4, 0.5) is 14.5 Å².